The summed E-state index contributed by atoms with van der Waals surface area (Å²) in [6, 6.07) is 6.35. The second kappa shape index (κ2) is 3.62. The Kier molecular flexibility index (Phi) is 2.23. The van der Waals surface area contributed by atoms with E-state index in [1.165, 1.54) is 36.2 Å². The molecule has 84 valence electrons. The Labute approximate surface area is 96.1 Å². The van der Waals surface area contributed by atoms with E-state index in [9.17, 15) is 0 Å². The van der Waals surface area contributed by atoms with Gasteiger partial charge in [0.15, 0.2) is 0 Å². The lowest BCUT2D eigenvalue weighted by molar-refractivity contribution is 0.514. The molecule has 1 N–H and O–H groups in total. The predicted molar refractivity (Wildman–Crippen MR) is 66.6 cm³/mol. The molecule has 2 aromatic rings. The lowest BCUT2D eigenvalue weighted by Gasteiger charge is -2.11. The first-order chi connectivity index (χ1) is 7.75. The predicted octanol–water partition coefficient (Wildman–Crippen LogP) is 3.77. The first kappa shape index (κ1) is 9.88. The molecule has 2 atom stereocenters. The Balaban J connectivity index is 2.08. The minimum Gasteiger partial charge on any atom is -0.342 e. The zero-order chi connectivity index (χ0) is 11.1. The van der Waals surface area contributed by atoms with Crippen molar-refractivity contribution >= 4 is 11.0 Å². The average molecular weight is 214 g/mol. The second-order valence-corrected chi connectivity index (χ2v) is 5.11. The topological polar surface area (TPSA) is 28.7 Å². The van der Waals surface area contributed by atoms with Gasteiger partial charge in [0.25, 0.3) is 0 Å². The number of para-hydroxylation sites is 1. The van der Waals surface area contributed by atoms with Gasteiger partial charge in [0.1, 0.15) is 5.82 Å². The van der Waals surface area contributed by atoms with Crippen molar-refractivity contribution in [3.05, 3.63) is 29.6 Å². The molecule has 2 heteroatoms. The summed E-state index contributed by atoms with van der Waals surface area (Å²) < 4.78 is 0. The maximum absolute atomic E-state index is 4.79. The van der Waals surface area contributed by atoms with E-state index in [1.54, 1.807) is 0 Å². The van der Waals surface area contributed by atoms with Crippen molar-refractivity contribution in [2.24, 2.45) is 5.92 Å². The van der Waals surface area contributed by atoms with Crippen molar-refractivity contribution in [3.63, 3.8) is 0 Å². The molecule has 2 nitrogen and oxygen atoms in total. The summed E-state index contributed by atoms with van der Waals surface area (Å²) in [5, 5.41) is 0. The van der Waals surface area contributed by atoms with Gasteiger partial charge in [-0.15, -0.1) is 0 Å². The molecule has 1 heterocycles. The highest BCUT2D eigenvalue weighted by Gasteiger charge is 2.27. The Morgan fingerprint density at radius 1 is 1.31 bits per heavy atom. The van der Waals surface area contributed by atoms with Crippen LogP contribution in [0, 0.1) is 12.8 Å². The highest BCUT2D eigenvalue weighted by atomic mass is 14.9. The maximum Gasteiger partial charge on any atom is 0.110 e. The first-order valence-electron chi connectivity index (χ1n) is 6.21. The van der Waals surface area contributed by atoms with Gasteiger partial charge in [-0.3, -0.25) is 0 Å². The van der Waals surface area contributed by atoms with Crippen LogP contribution in [0.5, 0.6) is 0 Å². The molecule has 1 saturated carbocycles. The van der Waals surface area contributed by atoms with Crippen molar-refractivity contribution in [1.82, 2.24) is 9.97 Å². The molecule has 0 aliphatic heterocycles. The summed E-state index contributed by atoms with van der Waals surface area (Å²) in [7, 11) is 0. The zero-order valence-electron chi connectivity index (χ0n) is 9.96. The van der Waals surface area contributed by atoms with Crippen LogP contribution >= 0.6 is 0 Å². The molecule has 1 aromatic heterocycles. The molecule has 16 heavy (non-hydrogen) atoms. The van der Waals surface area contributed by atoms with Gasteiger partial charge in [0.05, 0.1) is 11.0 Å². The van der Waals surface area contributed by atoms with E-state index in [2.05, 4.69) is 37.0 Å². The maximum atomic E-state index is 4.79. The third kappa shape index (κ3) is 1.44. The molecule has 1 fully saturated rings. The van der Waals surface area contributed by atoms with E-state index in [4.69, 9.17) is 4.98 Å². The van der Waals surface area contributed by atoms with Crippen molar-refractivity contribution in [2.45, 2.75) is 39.0 Å². The van der Waals surface area contributed by atoms with E-state index in [1.807, 2.05) is 0 Å². The van der Waals surface area contributed by atoms with Gasteiger partial charge in [-0.2, -0.15) is 0 Å². The summed E-state index contributed by atoms with van der Waals surface area (Å²) in [6.45, 7) is 4.47. The quantitative estimate of drug-likeness (QED) is 0.769. The van der Waals surface area contributed by atoms with Crippen LogP contribution in [0.1, 0.15) is 43.5 Å². The van der Waals surface area contributed by atoms with E-state index < -0.39 is 0 Å². The molecule has 0 amide bonds. The van der Waals surface area contributed by atoms with E-state index in [0.717, 1.165) is 11.4 Å². The standard InChI is InChI=1S/C14H18N2/c1-9-5-3-7-11(9)14-15-12-8-4-6-10(2)13(12)16-14/h4,6,8-9,11H,3,5,7H2,1-2H3,(H,15,16). The SMILES string of the molecule is Cc1cccc2[nH]c(C3CCCC3C)nc12. The molecule has 3 rings (SSSR count). The van der Waals surface area contributed by atoms with Crippen LogP contribution in [-0.2, 0) is 0 Å². The summed E-state index contributed by atoms with van der Waals surface area (Å²) in [5.74, 6) is 2.63. The van der Waals surface area contributed by atoms with Crippen LogP contribution in [0.2, 0.25) is 0 Å². The molecule has 1 aromatic carbocycles. The van der Waals surface area contributed by atoms with Crippen molar-refractivity contribution < 1.29 is 0 Å². The number of aromatic amines is 1. The molecule has 0 saturated heterocycles. The minimum absolute atomic E-state index is 0.645. The number of rotatable bonds is 1. The number of imidazole rings is 1. The van der Waals surface area contributed by atoms with Crippen LogP contribution < -0.4 is 0 Å². The Bertz CT molecular complexity index is 512. The number of aromatic nitrogens is 2. The molecule has 0 bridgehead atoms. The summed E-state index contributed by atoms with van der Waals surface area (Å²) in [5.41, 5.74) is 3.61. The second-order valence-electron chi connectivity index (χ2n) is 5.11. The van der Waals surface area contributed by atoms with Gasteiger partial charge in [0, 0.05) is 5.92 Å². The molecule has 0 spiro atoms. The first-order valence-corrected chi connectivity index (χ1v) is 6.21. The smallest absolute Gasteiger partial charge is 0.110 e. The lowest BCUT2D eigenvalue weighted by atomic mass is 9.98. The van der Waals surface area contributed by atoms with E-state index in [0.29, 0.717) is 5.92 Å². The molecular formula is C14H18N2. The Morgan fingerprint density at radius 3 is 2.88 bits per heavy atom. The highest BCUT2D eigenvalue weighted by Crippen LogP contribution is 2.38. The van der Waals surface area contributed by atoms with Crippen LogP contribution in [0.25, 0.3) is 11.0 Å². The number of nitrogens with one attached hydrogen (secondary N) is 1. The number of fused-ring (bicyclic) bond motifs is 1. The number of H-pyrrole nitrogens is 1. The van der Waals surface area contributed by atoms with Gasteiger partial charge in [-0.1, -0.05) is 25.5 Å². The largest absolute Gasteiger partial charge is 0.342 e. The third-order valence-electron chi connectivity index (χ3n) is 3.95. The monoisotopic (exact) mass is 214 g/mol. The van der Waals surface area contributed by atoms with Gasteiger partial charge in [-0.05, 0) is 37.3 Å². The number of hydrogen-bond donors (Lipinski definition) is 1. The fourth-order valence-corrected chi connectivity index (χ4v) is 2.92. The third-order valence-corrected chi connectivity index (χ3v) is 3.95. The van der Waals surface area contributed by atoms with E-state index in [-0.39, 0.29) is 0 Å². The molecular weight excluding hydrogens is 196 g/mol. The Morgan fingerprint density at radius 2 is 2.19 bits per heavy atom. The number of nitrogens with zero attached hydrogens (tertiary/aromatic N) is 1. The normalized spacial score (nSPS) is 25.4. The minimum atomic E-state index is 0.645. The summed E-state index contributed by atoms with van der Waals surface area (Å²) in [4.78, 5) is 8.29. The zero-order valence-corrected chi connectivity index (χ0v) is 9.96. The number of aryl methyl sites for hydroxylation is 1. The molecule has 0 radical (unpaired) electrons. The van der Waals surface area contributed by atoms with Crippen molar-refractivity contribution in [1.29, 1.82) is 0 Å². The van der Waals surface area contributed by atoms with Crippen LogP contribution in [0.4, 0.5) is 0 Å². The van der Waals surface area contributed by atoms with Gasteiger partial charge >= 0.3 is 0 Å². The average Bonchev–Trinajstić information content (AvgIpc) is 2.84. The summed E-state index contributed by atoms with van der Waals surface area (Å²) >= 11 is 0. The van der Waals surface area contributed by atoms with Crippen molar-refractivity contribution in [3.8, 4) is 0 Å². The van der Waals surface area contributed by atoms with Crippen LogP contribution in [0.3, 0.4) is 0 Å². The Hall–Kier alpha value is -1.31. The van der Waals surface area contributed by atoms with Crippen LogP contribution in [-0.4, -0.2) is 9.97 Å². The molecule has 1 aliphatic carbocycles. The summed E-state index contributed by atoms with van der Waals surface area (Å²) in [6.07, 6.45) is 3.99. The number of benzene rings is 1. The molecule has 1 aliphatic rings. The highest BCUT2D eigenvalue weighted by molar-refractivity contribution is 5.78. The van der Waals surface area contributed by atoms with E-state index >= 15 is 0 Å². The van der Waals surface area contributed by atoms with Crippen LogP contribution in [0.15, 0.2) is 18.2 Å². The van der Waals surface area contributed by atoms with Gasteiger partial charge in [0.2, 0.25) is 0 Å². The van der Waals surface area contributed by atoms with Gasteiger partial charge in [-0.25, -0.2) is 4.98 Å². The fraction of sp³-hybridized carbons (Fsp3) is 0.500. The molecule has 2 unspecified atom stereocenters. The fourth-order valence-electron chi connectivity index (χ4n) is 2.92. The number of hydrogen-bond acceptors (Lipinski definition) is 1. The lowest BCUT2D eigenvalue weighted by Crippen LogP contribution is -2.03. The van der Waals surface area contributed by atoms with Gasteiger partial charge < -0.3 is 4.98 Å². The van der Waals surface area contributed by atoms with Crippen molar-refractivity contribution in [2.75, 3.05) is 0 Å².